The van der Waals surface area contributed by atoms with Crippen LogP contribution in [0.4, 0.5) is 4.79 Å². The first-order valence-electron chi connectivity index (χ1n) is 7.40. The van der Waals surface area contributed by atoms with E-state index in [1.807, 2.05) is 50.4 Å². The number of nitrogens with two attached hydrogens (primary N) is 1. The van der Waals surface area contributed by atoms with Crippen molar-refractivity contribution >= 4 is 11.9 Å². The van der Waals surface area contributed by atoms with Crippen LogP contribution in [-0.4, -0.2) is 27.8 Å². The van der Waals surface area contributed by atoms with Gasteiger partial charge in [-0.15, -0.1) is 0 Å². The number of nitrogens with zero attached hydrogens (tertiary/aromatic N) is 2. The zero-order valence-electron chi connectivity index (χ0n) is 13.2. The molecule has 1 atom stereocenters. The van der Waals surface area contributed by atoms with Crippen LogP contribution in [0.25, 0.3) is 5.69 Å². The van der Waals surface area contributed by atoms with E-state index < -0.39 is 12.1 Å². The highest BCUT2D eigenvalue weighted by atomic mass is 16.2. The molecule has 0 spiro atoms. The van der Waals surface area contributed by atoms with Crippen molar-refractivity contribution in [1.82, 2.24) is 20.4 Å². The molecule has 2 aromatic rings. The molecule has 0 bridgehead atoms. The minimum atomic E-state index is -0.712. The fraction of sp³-hybridized carbons (Fsp3) is 0.312. The highest BCUT2D eigenvalue weighted by molar-refractivity contribution is 5.86. The second-order valence-electron chi connectivity index (χ2n) is 5.58. The summed E-state index contributed by atoms with van der Waals surface area (Å²) in [5.41, 5.74) is 6.91. The lowest BCUT2D eigenvalue weighted by Gasteiger charge is -2.20. The fourth-order valence-electron chi connectivity index (χ4n) is 2.16. The van der Waals surface area contributed by atoms with Crippen LogP contribution in [-0.2, 0) is 11.3 Å². The number of primary amides is 1. The number of hydrogen-bond donors (Lipinski definition) is 3. The summed E-state index contributed by atoms with van der Waals surface area (Å²) in [6.45, 7) is 4.01. The summed E-state index contributed by atoms with van der Waals surface area (Å²) in [5, 5.41) is 9.51. The van der Waals surface area contributed by atoms with E-state index in [2.05, 4.69) is 15.7 Å². The molecule has 7 nitrogen and oxygen atoms in total. The smallest absolute Gasteiger partial charge is 0.312 e. The lowest BCUT2D eigenvalue weighted by Crippen LogP contribution is -2.51. The van der Waals surface area contributed by atoms with Crippen LogP contribution in [0.1, 0.15) is 19.4 Å². The van der Waals surface area contributed by atoms with Crippen molar-refractivity contribution in [3.05, 3.63) is 48.3 Å². The standard InChI is InChI=1S/C16H21N5O2/c1-11(2)14(20-16(17)23)15(22)18-8-12-9-19-21(10-12)13-6-4-3-5-7-13/h3-7,9-11,14H,8H2,1-2H3,(H,18,22)(H3,17,20,23)/t14-/m0/s1. The van der Waals surface area contributed by atoms with E-state index in [0.29, 0.717) is 6.54 Å². The van der Waals surface area contributed by atoms with E-state index in [9.17, 15) is 9.59 Å². The van der Waals surface area contributed by atoms with Gasteiger partial charge in [0.1, 0.15) is 6.04 Å². The molecule has 0 fully saturated rings. The zero-order valence-corrected chi connectivity index (χ0v) is 13.2. The average molecular weight is 315 g/mol. The lowest BCUT2D eigenvalue weighted by molar-refractivity contribution is -0.124. The zero-order chi connectivity index (χ0) is 16.8. The number of rotatable bonds is 6. The number of carbonyl (C=O) groups is 2. The van der Waals surface area contributed by atoms with Crippen LogP contribution in [0.15, 0.2) is 42.7 Å². The second-order valence-corrected chi connectivity index (χ2v) is 5.58. The van der Waals surface area contributed by atoms with Crippen LogP contribution < -0.4 is 16.4 Å². The molecule has 122 valence electrons. The molecule has 0 radical (unpaired) electrons. The summed E-state index contributed by atoms with van der Waals surface area (Å²) < 4.78 is 1.74. The van der Waals surface area contributed by atoms with Crippen LogP contribution in [0.2, 0.25) is 0 Å². The second kappa shape index (κ2) is 7.44. The van der Waals surface area contributed by atoms with Crippen molar-refractivity contribution in [3.8, 4) is 5.69 Å². The van der Waals surface area contributed by atoms with Crippen LogP contribution in [0, 0.1) is 5.92 Å². The number of aromatic nitrogens is 2. The molecule has 7 heteroatoms. The first-order chi connectivity index (χ1) is 11.0. The molecule has 4 N–H and O–H groups in total. The molecule has 2 rings (SSSR count). The topological polar surface area (TPSA) is 102 Å². The Labute approximate surface area is 134 Å². The van der Waals surface area contributed by atoms with Crippen molar-refractivity contribution in [2.75, 3.05) is 0 Å². The molecule has 0 unspecified atom stereocenters. The Morgan fingerprint density at radius 1 is 1.26 bits per heavy atom. The monoisotopic (exact) mass is 315 g/mol. The van der Waals surface area contributed by atoms with Gasteiger partial charge in [-0.3, -0.25) is 4.79 Å². The molecule has 0 saturated heterocycles. The molecule has 1 heterocycles. The maximum Gasteiger partial charge on any atom is 0.312 e. The van der Waals surface area contributed by atoms with Crippen molar-refractivity contribution in [1.29, 1.82) is 0 Å². The Hall–Kier alpha value is -2.83. The lowest BCUT2D eigenvalue weighted by atomic mass is 10.0. The van der Waals surface area contributed by atoms with Gasteiger partial charge in [-0.05, 0) is 18.1 Å². The fourth-order valence-corrected chi connectivity index (χ4v) is 2.16. The van der Waals surface area contributed by atoms with Crippen molar-refractivity contribution < 1.29 is 9.59 Å². The summed E-state index contributed by atoms with van der Waals surface area (Å²) >= 11 is 0. The van der Waals surface area contributed by atoms with E-state index in [4.69, 9.17) is 5.73 Å². The van der Waals surface area contributed by atoms with Gasteiger partial charge in [-0.2, -0.15) is 5.10 Å². The molecule has 1 aromatic heterocycles. The molecular weight excluding hydrogens is 294 g/mol. The highest BCUT2D eigenvalue weighted by Gasteiger charge is 2.23. The molecule has 23 heavy (non-hydrogen) atoms. The normalized spacial score (nSPS) is 12.0. The van der Waals surface area contributed by atoms with Crippen LogP contribution in [0.3, 0.4) is 0 Å². The first kappa shape index (κ1) is 16.5. The van der Waals surface area contributed by atoms with Gasteiger partial charge in [0.2, 0.25) is 5.91 Å². The maximum atomic E-state index is 12.2. The molecular formula is C16H21N5O2. The predicted octanol–water partition coefficient (Wildman–Crippen LogP) is 1.18. The minimum Gasteiger partial charge on any atom is -0.352 e. The van der Waals surface area contributed by atoms with Gasteiger partial charge in [0, 0.05) is 18.3 Å². The third-order valence-corrected chi connectivity index (χ3v) is 3.37. The van der Waals surface area contributed by atoms with E-state index in [0.717, 1.165) is 11.3 Å². The SMILES string of the molecule is CC(C)[C@H](NC(N)=O)C(=O)NCc1cnn(-c2ccccc2)c1. The molecule has 3 amide bonds. The van der Waals surface area contributed by atoms with E-state index in [1.54, 1.807) is 10.9 Å². The van der Waals surface area contributed by atoms with Gasteiger partial charge in [-0.25, -0.2) is 9.48 Å². The first-order valence-corrected chi connectivity index (χ1v) is 7.40. The Balaban J connectivity index is 1.96. The Morgan fingerprint density at radius 2 is 1.96 bits per heavy atom. The summed E-state index contributed by atoms with van der Waals surface area (Å²) in [6.07, 6.45) is 3.54. The largest absolute Gasteiger partial charge is 0.352 e. The molecule has 0 aliphatic heterocycles. The third-order valence-electron chi connectivity index (χ3n) is 3.37. The van der Waals surface area contributed by atoms with Gasteiger partial charge in [-0.1, -0.05) is 32.0 Å². The van der Waals surface area contributed by atoms with Crippen LogP contribution in [0.5, 0.6) is 0 Å². The summed E-state index contributed by atoms with van der Waals surface area (Å²) in [5.74, 6) is -0.333. The number of urea groups is 1. The molecule has 0 saturated carbocycles. The maximum absolute atomic E-state index is 12.2. The van der Waals surface area contributed by atoms with Crippen molar-refractivity contribution in [3.63, 3.8) is 0 Å². The minimum absolute atomic E-state index is 0.0606. The Bertz CT molecular complexity index is 666. The molecule has 0 aliphatic carbocycles. The van der Waals surface area contributed by atoms with Gasteiger partial charge in [0.15, 0.2) is 0 Å². The highest BCUT2D eigenvalue weighted by Crippen LogP contribution is 2.08. The van der Waals surface area contributed by atoms with Gasteiger partial charge < -0.3 is 16.4 Å². The Morgan fingerprint density at radius 3 is 2.57 bits per heavy atom. The predicted molar refractivity (Wildman–Crippen MR) is 86.8 cm³/mol. The van der Waals surface area contributed by atoms with Crippen molar-refractivity contribution in [2.24, 2.45) is 11.7 Å². The van der Waals surface area contributed by atoms with E-state index >= 15 is 0 Å². The summed E-state index contributed by atoms with van der Waals surface area (Å²) in [7, 11) is 0. The van der Waals surface area contributed by atoms with Gasteiger partial charge in [0.25, 0.3) is 0 Å². The van der Waals surface area contributed by atoms with E-state index in [-0.39, 0.29) is 11.8 Å². The number of nitrogens with one attached hydrogen (secondary N) is 2. The number of carbonyl (C=O) groups excluding carboxylic acids is 2. The molecule has 0 aliphatic rings. The third kappa shape index (κ3) is 4.57. The quantitative estimate of drug-likeness (QED) is 0.746. The molecule has 1 aromatic carbocycles. The van der Waals surface area contributed by atoms with Crippen LogP contribution >= 0.6 is 0 Å². The Kier molecular flexibility index (Phi) is 5.35. The number of para-hydroxylation sites is 1. The van der Waals surface area contributed by atoms with E-state index in [1.165, 1.54) is 0 Å². The summed E-state index contributed by atoms with van der Waals surface area (Å²) in [4.78, 5) is 23.1. The number of hydrogen-bond acceptors (Lipinski definition) is 3. The number of amides is 3. The number of benzene rings is 1. The van der Waals surface area contributed by atoms with Gasteiger partial charge >= 0.3 is 6.03 Å². The van der Waals surface area contributed by atoms with Gasteiger partial charge in [0.05, 0.1) is 11.9 Å². The average Bonchev–Trinajstić information content (AvgIpc) is 2.99. The van der Waals surface area contributed by atoms with Crippen molar-refractivity contribution in [2.45, 2.75) is 26.4 Å². The summed E-state index contributed by atoms with van der Waals surface area (Å²) in [6, 6.07) is 8.32.